The summed E-state index contributed by atoms with van der Waals surface area (Å²) in [4.78, 5) is 0. The Morgan fingerprint density at radius 1 is 1.18 bits per heavy atom. The maximum Gasteiger partial charge on any atom is 0.416 e. The Bertz CT molecular complexity index is 367. The molecule has 1 fully saturated rings. The second kappa shape index (κ2) is 4.64. The first-order chi connectivity index (χ1) is 7.97. The quantitative estimate of drug-likeness (QED) is 0.808. The first-order valence-corrected chi connectivity index (χ1v) is 5.49. The molecule has 1 heterocycles. The molecule has 94 valence electrons. The Morgan fingerprint density at radius 2 is 1.76 bits per heavy atom. The third kappa shape index (κ3) is 2.97. The van der Waals surface area contributed by atoms with Crippen molar-refractivity contribution >= 4 is 0 Å². The predicted octanol–water partition coefficient (Wildman–Crippen LogP) is 3.33. The molecule has 0 bridgehead atoms. The van der Waals surface area contributed by atoms with Crippen LogP contribution in [0.4, 0.5) is 17.6 Å². The molecular weight excluding hydrogens is 234 g/mol. The van der Waals surface area contributed by atoms with Gasteiger partial charge in [-0.25, -0.2) is 4.39 Å². The summed E-state index contributed by atoms with van der Waals surface area (Å²) in [5.41, 5.74) is -0.413. The van der Waals surface area contributed by atoms with Gasteiger partial charge in [-0.05, 0) is 43.1 Å². The summed E-state index contributed by atoms with van der Waals surface area (Å²) in [7, 11) is 0. The fraction of sp³-hybridized carbons (Fsp3) is 0.500. The van der Waals surface area contributed by atoms with Gasteiger partial charge in [0.1, 0.15) is 6.17 Å². The minimum Gasteiger partial charge on any atom is -0.316 e. The zero-order chi connectivity index (χ0) is 12.5. The summed E-state index contributed by atoms with van der Waals surface area (Å²) >= 11 is 0. The van der Waals surface area contributed by atoms with E-state index in [2.05, 4.69) is 5.32 Å². The fourth-order valence-electron chi connectivity index (χ4n) is 1.82. The highest BCUT2D eigenvalue weighted by molar-refractivity contribution is 5.26. The molecule has 1 aliphatic rings. The molecular formula is C12H13F4N. The minimum absolute atomic E-state index is 0.298. The van der Waals surface area contributed by atoms with Crippen molar-refractivity contribution in [3.05, 3.63) is 35.4 Å². The Hall–Kier alpha value is -1.10. The first kappa shape index (κ1) is 12.4. The summed E-state index contributed by atoms with van der Waals surface area (Å²) in [5.74, 6) is 0.298. The molecule has 1 saturated heterocycles. The van der Waals surface area contributed by atoms with Gasteiger partial charge in [0.05, 0.1) is 5.56 Å². The summed E-state index contributed by atoms with van der Waals surface area (Å²) < 4.78 is 50.6. The Morgan fingerprint density at radius 3 is 2.18 bits per heavy atom. The van der Waals surface area contributed by atoms with Crippen molar-refractivity contribution in [1.29, 1.82) is 0 Å². The molecule has 17 heavy (non-hydrogen) atoms. The number of nitrogens with one attached hydrogen (secondary N) is 1. The monoisotopic (exact) mass is 247 g/mol. The lowest BCUT2D eigenvalue weighted by Gasteiger charge is -2.28. The molecule has 1 unspecified atom stereocenters. The lowest BCUT2D eigenvalue weighted by atomic mass is 9.93. The van der Waals surface area contributed by atoms with E-state index in [4.69, 9.17) is 0 Å². The van der Waals surface area contributed by atoms with Gasteiger partial charge in [0, 0.05) is 0 Å². The van der Waals surface area contributed by atoms with E-state index in [1.54, 1.807) is 0 Å². The molecule has 5 heteroatoms. The van der Waals surface area contributed by atoms with Crippen molar-refractivity contribution in [2.75, 3.05) is 13.1 Å². The molecule has 0 aromatic heterocycles. The highest BCUT2D eigenvalue weighted by Gasteiger charge is 2.30. The Labute approximate surface area is 96.8 Å². The second-order valence-corrected chi connectivity index (χ2v) is 4.35. The normalized spacial score (nSPS) is 18.8. The van der Waals surface area contributed by atoms with Crippen molar-refractivity contribution < 1.29 is 17.6 Å². The van der Waals surface area contributed by atoms with Gasteiger partial charge in [-0.3, -0.25) is 0 Å². The molecule has 0 saturated carbocycles. The van der Waals surface area contributed by atoms with Crippen LogP contribution in [0.1, 0.15) is 23.7 Å². The van der Waals surface area contributed by atoms with Crippen molar-refractivity contribution in [2.24, 2.45) is 5.92 Å². The van der Waals surface area contributed by atoms with E-state index in [0.717, 1.165) is 25.2 Å². The molecule has 1 N–H and O–H groups in total. The molecule has 1 atom stereocenters. The van der Waals surface area contributed by atoms with Gasteiger partial charge in [0.15, 0.2) is 0 Å². The molecule has 1 nitrogen and oxygen atoms in total. The van der Waals surface area contributed by atoms with Gasteiger partial charge in [0.25, 0.3) is 0 Å². The average molecular weight is 247 g/mol. The smallest absolute Gasteiger partial charge is 0.316 e. The van der Waals surface area contributed by atoms with Gasteiger partial charge in [-0.1, -0.05) is 12.1 Å². The number of rotatable bonds is 3. The minimum atomic E-state index is -4.36. The molecule has 0 radical (unpaired) electrons. The zero-order valence-corrected chi connectivity index (χ0v) is 9.10. The van der Waals surface area contributed by atoms with Crippen LogP contribution in [0.3, 0.4) is 0 Å². The van der Waals surface area contributed by atoms with E-state index in [9.17, 15) is 17.6 Å². The molecule has 2 rings (SSSR count). The second-order valence-electron chi connectivity index (χ2n) is 4.35. The molecule has 0 spiro atoms. The summed E-state index contributed by atoms with van der Waals surface area (Å²) in [6, 6.07) is 4.31. The number of hydrogen-bond donors (Lipinski definition) is 1. The Balaban J connectivity index is 2.01. The highest BCUT2D eigenvalue weighted by Crippen LogP contribution is 2.32. The largest absolute Gasteiger partial charge is 0.416 e. The van der Waals surface area contributed by atoms with Crippen LogP contribution in [0.15, 0.2) is 24.3 Å². The van der Waals surface area contributed by atoms with Gasteiger partial charge < -0.3 is 5.32 Å². The maximum atomic E-state index is 13.7. The van der Waals surface area contributed by atoms with Crippen LogP contribution in [-0.4, -0.2) is 13.1 Å². The average Bonchev–Trinajstić information content (AvgIpc) is 2.22. The third-order valence-corrected chi connectivity index (χ3v) is 3.01. The summed E-state index contributed by atoms with van der Waals surface area (Å²) in [6.07, 6.45) is -5.16. The number of benzene rings is 1. The summed E-state index contributed by atoms with van der Waals surface area (Å²) in [5, 5.41) is 3.03. The van der Waals surface area contributed by atoms with Gasteiger partial charge >= 0.3 is 6.18 Å². The van der Waals surface area contributed by atoms with Crippen molar-refractivity contribution in [1.82, 2.24) is 5.32 Å². The van der Waals surface area contributed by atoms with Crippen molar-refractivity contribution in [2.45, 2.75) is 18.8 Å². The van der Waals surface area contributed by atoms with Gasteiger partial charge in [0.2, 0.25) is 0 Å². The maximum absolute atomic E-state index is 13.7. The SMILES string of the molecule is FC(CC1CNC1)c1ccc(C(F)(F)F)cc1. The van der Waals surface area contributed by atoms with E-state index in [-0.39, 0.29) is 0 Å². The fourth-order valence-corrected chi connectivity index (χ4v) is 1.82. The predicted molar refractivity (Wildman–Crippen MR) is 56.3 cm³/mol. The van der Waals surface area contributed by atoms with Crippen molar-refractivity contribution in [3.8, 4) is 0 Å². The van der Waals surface area contributed by atoms with Crippen LogP contribution in [0.25, 0.3) is 0 Å². The van der Waals surface area contributed by atoms with Crippen molar-refractivity contribution in [3.63, 3.8) is 0 Å². The van der Waals surface area contributed by atoms with E-state index < -0.39 is 17.9 Å². The van der Waals surface area contributed by atoms with Crippen LogP contribution < -0.4 is 5.32 Å². The van der Waals surface area contributed by atoms with Crippen LogP contribution in [-0.2, 0) is 6.18 Å². The molecule has 1 aromatic rings. The third-order valence-electron chi connectivity index (χ3n) is 3.01. The summed E-state index contributed by atoms with van der Waals surface area (Å²) in [6.45, 7) is 1.59. The van der Waals surface area contributed by atoms with Gasteiger partial charge in [-0.2, -0.15) is 13.2 Å². The molecule has 0 amide bonds. The topological polar surface area (TPSA) is 12.0 Å². The van der Waals surface area contributed by atoms with Crippen LogP contribution >= 0.6 is 0 Å². The van der Waals surface area contributed by atoms with E-state index in [1.807, 2.05) is 0 Å². The zero-order valence-electron chi connectivity index (χ0n) is 9.10. The van der Waals surface area contributed by atoms with Crippen LogP contribution in [0.2, 0.25) is 0 Å². The van der Waals surface area contributed by atoms with E-state index >= 15 is 0 Å². The first-order valence-electron chi connectivity index (χ1n) is 5.49. The number of hydrogen-bond acceptors (Lipinski definition) is 1. The van der Waals surface area contributed by atoms with Crippen LogP contribution in [0, 0.1) is 5.92 Å². The number of alkyl halides is 4. The lowest BCUT2D eigenvalue weighted by Crippen LogP contribution is -2.42. The highest BCUT2D eigenvalue weighted by atomic mass is 19.4. The van der Waals surface area contributed by atoms with Crippen LogP contribution in [0.5, 0.6) is 0 Å². The standard InChI is InChI=1S/C12H13F4N/c13-11(5-8-6-17-7-8)9-1-3-10(4-2-9)12(14,15)16/h1-4,8,11,17H,5-7H2. The van der Waals surface area contributed by atoms with E-state index in [0.29, 0.717) is 17.9 Å². The molecule has 1 aromatic carbocycles. The molecule has 1 aliphatic heterocycles. The molecule has 0 aliphatic carbocycles. The number of halogens is 4. The lowest BCUT2D eigenvalue weighted by molar-refractivity contribution is -0.137. The van der Waals surface area contributed by atoms with Gasteiger partial charge in [-0.15, -0.1) is 0 Å². The van der Waals surface area contributed by atoms with E-state index in [1.165, 1.54) is 12.1 Å². The Kier molecular flexibility index (Phi) is 3.38.